The van der Waals surface area contributed by atoms with Crippen LogP contribution in [0.5, 0.6) is 0 Å². The number of hydrogen-bond acceptors (Lipinski definition) is 3. The van der Waals surface area contributed by atoms with E-state index >= 15 is 0 Å². The number of carbonyl (C=O) groups is 2. The highest BCUT2D eigenvalue weighted by atomic mass is 16.2. The average Bonchev–Trinajstić information content (AvgIpc) is 2.51. The van der Waals surface area contributed by atoms with Gasteiger partial charge in [-0.15, -0.1) is 0 Å². The Morgan fingerprint density at radius 1 is 1.50 bits per heavy atom. The van der Waals surface area contributed by atoms with Crippen molar-refractivity contribution in [1.29, 1.82) is 0 Å². The molecular weight excluding hydrogens is 182 g/mol. The lowest BCUT2D eigenvalue weighted by Crippen LogP contribution is -2.45. The Bertz CT molecular complexity index is 242. The fraction of sp³-hybridized carbons (Fsp3) is 0.778. The fourth-order valence-electron chi connectivity index (χ4n) is 1.55. The first-order valence-corrected chi connectivity index (χ1v) is 4.82. The van der Waals surface area contributed by atoms with E-state index in [4.69, 9.17) is 5.73 Å². The Morgan fingerprint density at radius 2 is 2.14 bits per heavy atom. The highest BCUT2D eigenvalue weighted by Gasteiger charge is 2.30. The summed E-state index contributed by atoms with van der Waals surface area (Å²) in [7, 11) is 0. The SMILES string of the molecule is CC(NC(=O)C1CNCC1C)C(N)=O. The molecule has 0 aromatic rings. The molecule has 0 aromatic carbocycles. The van der Waals surface area contributed by atoms with Crippen LogP contribution in [0.15, 0.2) is 0 Å². The maximum Gasteiger partial charge on any atom is 0.239 e. The summed E-state index contributed by atoms with van der Waals surface area (Å²) in [5.74, 6) is -0.322. The van der Waals surface area contributed by atoms with Crippen LogP contribution in [-0.2, 0) is 9.59 Å². The van der Waals surface area contributed by atoms with Crippen molar-refractivity contribution in [1.82, 2.24) is 10.6 Å². The second kappa shape index (κ2) is 4.41. The molecule has 0 bridgehead atoms. The molecule has 4 N–H and O–H groups in total. The summed E-state index contributed by atoms with van der Waals surface area (Å²) in [6.07, 6.45) is 0. The molecular formula is C9H17N3O2. The van der Waals surface area contributed by atoms with E-state index < -0.39 is 11.9 Å². The second-order valence-electron chi connectivity index (χ2n) is 3.87. The van der Waals surface area contributed by atoms with Gasteiger partial charge in [-0.1, -0.05) is 6.92 Å². The van der Waals surface area contributed by atoms with Gasteiger partial charge < -0.3 is 16.4 Å². The molecule has 0 aliphatic carbocycles. The summed E-state index contributed by atoms with van der Waals surface area (Å²) in [4.78, 5) is 22.3. The van der Waals surface area contributed by atoms with Gasteiger partial charge in [-0.25, -0.2) is 0 Å². The topological polar surface area (TPSA) is 84.2 Å². The van der Waals surface area contributed by atoms with Crippen LogP contribution in [0.2, 0.25) is 0 Å². The Hall–Kier alpha value is -1.10. The predicted molar refractivity (Wildman–Crippen MR) is 52.3 cm³/mol. The van der Waals surface area contributed by atoms with Gasteiger partial charge in [0.05, 0.1) is 5.92 Å². The molecule has 0 radical (unpaired) electrons. The lowest BCUT2D eigenvalue weighted by Gasteiger charge is -2.16. The molecule has 5 nitrogen and oxygen atoms in total. The van der Waals surface area contributed by atoms with E-state index in [1.807, 2.05) is 6.92 Å². The minimum Gasteiger partial charge on any atom is -0.368 e. The van der Waals surface area contributed by atoms with Crippen LogP contribution in [0.25, 0.3) is 0 Å². The molecule has 1 aliphatic heterocycles. The number of rotatable bonds is 3. The molecule has 0 spiro atoms. The van der Waals surface area contributed by atoms with Crippen LogP contribution < -0.4 is 16.4 Å². The molecule has 0 saturated carbocycles. The van der Waals surface area contributed by atoms with Gasteiger partial charge in [-0.05, 0) is 19.4 Å². The predicted octanol–water partition coefficient (Wildman–Crippen LogP) is -1.17. The van der Waals surface area contributed by atoms with Gasteiger partial charge in [0.15, 0.2) is 0 Å². The number of nitrogens with two attached hydrogens (primary N) is 1. The standard InChI is InChI=1S/C9H17N3O2/c1-5-3-11-4-7(5)9(14)12-6(2)8(10)13/h5-7,11H,3-4H2,1-2H3,(H2,10,13)(H,12,14). The Balaban J connectivity index is 2.45. The summed E-state index contributed by atoms with van der Waals surface area (Å²) >= 11 is 0. The summed E-state index contributed by atoms with van der Waals surface area (Å²) in [5, 5.41) is 5.73. The summed E-state index contributed by atoms with van der Waals surface area (Å²) in [6, 6.07) is -0.588. The normalized spacial score (nSPS) is 28.4. The van der Waals surface area contributed by atoms with Crippen molar-refractivity contribution in [2.24, 2.45) is 17.6 Å². The van der Waals surface area contributed by atoms with Crippen LogP contribution in [0.1, 0.15) is 13.8 Å². The fourth-order valence-corrected chi connectivity index (χ4v) is 1.55. The quantitative estimate of drug-likeness (QED) is 0.535. The second-order valence-corrected chi connectivity index (χ2v) is 3.87. The number of carbonyl (C=O) groups excluding carboxylic acids is 2. The van der Waals surface area contributed by atoms with Crippen LogP contribution in [-0.4, -0.2) is 30.9 Å². The molecule has 1 fully saturated rings. The Labute approximate surface area is 83.4 Å². The van der Waals surface area contributed by atoms with Crippen LogP contribution in [0, 0.1) is 11.8 Å². The van der Waals surface area contributed by atoms with Gasteiger partial charge in [-0.3, -0.25) is 9.59 Å². The van der Waals surface area contributed by atoms with Crippen molar-refractivity contribution in [3.05, 3.63) is 0 Å². The Kier molecular flexibility index (Phi) is 3.46. The highest BCUT2D eigenvalue weighted by molar-refractivity contribution is 5.87. The zero-order valence-corrected chi connectivity index (χ0v) is 8.54. The maximum absolute atomic E-state index is 11.6. The number of nitrogens with one attached hydrogen (secondary N) is 2. The molecule has 2 amide bonds. The van der Waals surface area contributed by atoms with E-state index in [9.17, 15) is 9.59 Å². The van der Waals surface area contributed by atoms with Crippen molar-refractivity contribution < 1.29 is 9.59 Å². The first-order chi connectivity index (χ1) is 6.52. The molecule has 1 saturated heterocycles. The highest BCUT2D eigenvalue weighted by Crippen LogP contribution is 2.15. The molecule has 3 unspecified atom stereocenters. The zero-order valence-electron chi connectivity index (χ0n) is 8.54. The minimum atomic E-state index is -0.588. The third-order valence-corrected chi connectivity index (χ3v) is 2.64. The lowest BCUT2D eigenvalue weighted by molar-refractivity contribution is -0.129. The van der Waals surface area contributed by atoms with Crippen molar-refractivity contribution in [3.63, 3.8) is 0 Å². The smallest absolute Gasteiger partial charge is 0.239 e. The van der Waals surface area contributed by atoms with Gasteiger partial charge in [0.1, 0.15) is 6.04 Å². The average molecular weight is 199 g/mol. The number of primary amides is 1. The van der Waals surface area contributed by atoms with E-state index in [-0.39, 0.29) is 11.8 Å². The van der Waals surface area contributed by atoms with E-state index in [0.717, 1.165) is 6.54 Å². The molecule has 0 aromatic heterocycles. The van der Waals surface area contributed by atoms with Crippen LogP contribution in [0.4, 0.5) is 0 Å². The molecule has 1 aliphatic rings. The van der Waals surface area contributed by atoms with Crippen molar-refractivity contribution in [2.75, 3.05) is 13.1 Å². The molecule has 14 heavy (non-hydrogen) atoms. The molecule has 80 valence electrons. The Morgan fingerprint density at radius 3 is 2.57 bits per heavy atom. The number of hydrogen-bond donors (Lipinski definition) is 3. The van der Waals surface area contributed by atoms with E-state index in [2.05, 4.69) is 10.6 Å². The lowest BCUT2D eigenvalue weighted by atomic mass is 9.97. The minimum absolute atomic E-state index is 0.0446. The molecule has 1 rings (SSSR count). The van der Waals surface area contributed by atoms with Crippen molar-refractivity contribution in [3.8, 4) is 0 Å². The van der Waals surface area contributed by atoms with Crippen LogP contribution in [0.3, 0.4) is 0 Å². The monoisotopic (exact) mass is 199 g/mol. The first-order valence-electron chi connectivity index (χ1n) is 4.82. The summed E-state index contributed by atoms with van der Waals surface area (Å²) < 4.78 is 0. The van der Waals surface area contributed by atoms with E-state index in [1.54, 1.807) is 6.92 Å². The first kappa shape index (κ1) is 11.0. The largest absolute Gasteiger partial charge is 0.368 e. The van der Waals surface area contributed by atoms with Gasteiger partial charge in [0, 0.05) is 6.54 Å². The summed E-state index contributed by atoms with van der Waals surface area (Å²) in [6.45, 7) is 5.13. The van der Waals surface area contributed by atoms with Gasteiger partial charge in [0.25, 0.3) is 0 Å². The third kappa shape index (κ3) is 2.45. The van der Waals surface area contributed by atoms with E-state index in [1.165, 1.54) is 0 Å². The van der Waals surface area contributed by atoms with Crippen molar-refractivity contribution >= 4 is 11.8 Å². The molecule has 5 heteroatoms. The van der Waals surface area contributed by atoms with Gasteiger partial charge >= 0.3 is 0 Å². The summed E-state index contributed by atoms with van der Waals surface area (Å²) in [5.41, 5.74) is 5.05. The zero-order chi connectivity index (χ0) is 10.7. The molecule has 1 heterocycles. The number of amides is 2. The van der Waals surface area contributed by atoms with Crippen LogP contribution >= 0.6 is 0 Å². The van der Waals surface area contributed by atoms with Gasteiger partial charge in [-0.2, -0.15) is 0 Å². The maximum atomic E-state index is 11.6. The van der Waals surface area contributed by atoms with E-state index in [0.29, 0.717) is 12.5 Å². The van der Waals surface area contributed by atoms with Crippen molar-refractivity contribution in [2.45, 2.75) is 19.9 Å². The van der Waals surface area contributed by atoms with Gasteiger partial charge in [0.2, 0.25) is 11.8 Å². The molecule has 3 atom stereocenters. The third-order valence-electron chi connectivity index (χ3n) is 2.64.